The maximum absolute atomic E-state index is 9.66. The Kier molecular flexibility index (Phi) is 1.69. The first-order valence-corrected chi connectivity index (χ1v) is 2.18. The van der Waals surface area contributed by atoms with E-state index in [4.69, 9.17) is 0 Å². The van der Waals surface area contributed by atoms with Crippen molar-refractivity contribution in [1.82, 2.24) is 15.4 Å². The lowest BCUT2D eigenvalue weighted by Crippen LogP contribution is -1.93. The Hall–Kier alpha value is -1.52. The lowest BCUT2D eigenvalue weighted by Gasteiger charge is -1.88. The summed E-state index contributed by atoms with van der Waals surface area (Å²) in [6.07, 6.45) is 1.38. The van der Waals surface area contributed by atoms with Crippen molar-refractivity contribution in [3.8, 4) is 5.88 Å². The Morgan fingerprint density at radius 3 is 3.11 bits per heavy atom. The van der Waals surface area contributed by atoms with Gasteiger partial charge in [-0.2, -0.15) is 0 Å². The Morgan fingerprint density at radius 2 is 2.56 bits per heavy atom. The van der Waals surface area contributed by atoms with Crippen LogP contribution in [0.3, 0.4) is 0 Å². The number of hydrogen-bond acceptors (Lipinski definition) is 5. The number of rotatable bonds is 2. The molecule has 0 saturated carbocycles. The van der Waals surface area contributed by atoms with E-state index in [9.17, 15) is 4.79 Å². The highest BCUT2D eigenvalue weighted by atomic mass is 16.5. The maximum Gasteiger partial charge on any atom is 0.299 e. The maximum atomic E-state index is 9.66. The summed E-state index contributed by atoms with van der Waals surface area (Å²) in [6.45, 7) is 0.282. The topological polar surface area (TPSA) is 65.0 Å². The van der Waals surface area contributed by atoms with Crippen molar-refractivity contribution in [1.29, 1.82) is 0 Å². The second-order valence-corrected chi connectivity index (χ2v) is 1.17. The van der Waals surface area contributed by atoms with E-state index in [0.717, 1.165) is 0 Å². The predicted molar refractivity (Wildman–Crippen MR) is 26.5 cm³/mol. The van der Waals surface area contributed by atoms with Gasteiger partial charge in [-0.05, 0) is 5.21 Å². The van der Waals surface area contributed by atoms with Crippen molar-refractivity contribution in [2.45, 2.75) is 0 Å². The molecule has 1 heterocycles. The van der Waals surface area contributed by atoms with E-state index < -0.39 is 0 Å². The van der Waals surface area contributed by atoms with Crippen LogP contribution in [-0.4, -0.2) is 21.9 Å². The minimum absolute atomic E-state index is 0.153. The van der Waals surface area contributed by atoms with Gasteiger partial charge in [-0.15, -0.1) is 5.10 Å². The van der Waals surface area contributed by atoms with Crippen LogP contribution in [0.15, 0.2) is 12.3 Å². The average Bonchev–Trinajstić information content (AvgIpc) is 1.91. The van der Waals surface area contributed by atoms with Gasteiger partial charge in [0.05, 0.1) is 6.20 Å². The summed E-state index contributed by atoms with van der Waals surface area (Å²) < 4.78 is 4.31. The molecule has 1 aromatic rings. The van der Waals surface area contributed by atoms with Crippen LogP contribution in [0.1, 0.15) is 0 Å². The van der Waals surface area contributed by atoms with Crippen molar-refractivity contribution in [2.24, 2.45) is 0 Å². The standard InChI is InChI=1S/C4H3N3O2/c8-3-9-4-1-2-5-7-6-4/h1-3H. The smallest absolute Gasteiger partial charge is 0.299 e. The molecule has 0 atom stereocenters. The van der Waals surface area contributed by atoms with Crippen molar-refractivity contribution >= 4 is 6.47 Å². The van der Waals surface area contributed by atoms with Gasteiger partial charge < -0.3 is 4.74 Å². The van der Waals surface area contributed by atoms with E-state index >= 15 is 0 Å². The minimum atomic E-state index is 0.153. The summed E-state index contributed by atoms with van der Waals surface area (Å²) in [5.41, 5.74) is 0. The SMILES string of the molecule is O=COc1ccnnn1. The molecule has 0 aromatic carbocycles. The first-order valence-electron chi connectivity index (χ1n) is 2.18. The minimum Gasteiger partial charge on any atom is -0.408 e. The number of hydrogen-bond donors (Lipinski definition) is 0. The van der Waals surface area contributed by atoms with Crippen molar-refractivity contribution in [3.63, 3.8) is 0 Å². The summed E-state index contributed by atoms with van der Waals surface area (Å²) in [6, 6.07) is 1.43. The van der Waals surface area contributed by atoms with E-state index in [2.05, 4.69) is 20.1 Å². The summed E-state index contributed by atoms with van der Waals surface area (Å²) in [5, 5.41) is 9.94. The Balaban J connectivity index is 2.72. The van der Waals surface area contributed by atoms with Crippen LogP contribution in [0.25, 0.3) is 0 Å². The molecular weight excluding hydrogens is 122 g/mol. The molecule has 0 bridgehead atoms. The summed E-state index contributed by atoms with van der Waals surface area (Å²) in [4.78, 5) is 9.66. The van der Waals surface area contributed by atoms with Crippen LogP contribution in [0.5, 0.6) is 5.88 Å². The monoisotopic (exact) mass is 125 g/mol. The number of carbonyl (C=O) groups is 1. The molecule has 5 nitrogen and oxygen atoms in total. The lowest BCUT2D eigenvalue weighted by molar-refractivity contribution is -0.121. The van der Waals surface area contributed by atoms with Crippen LogP contribution in [-0.2, 0) is 4.79 Å². The van der Waals surface area contributed by atoms with E-state index in [1.54, 1.807) is 0 Å². The van der Waals surface area contributed by atoms with Crippen molar-refractivity contribution in [3.05, 3.63) is 12.3 Å². The Labute approximate surface area is 50.7 Å². The third-order valence-corrected chi connectivity index (χ3v) is 0.648. The number of ether oxygens (including phenoxy) is 1. The Bertz CT molecular complexity index is 188. The zero-order valence-corrected chi connectivity index (χ0v) is 4.39. The van der Waals surface area contributed by atoms with Crippen LogP contribution in [0.4, 0.5) is 0 Å². The summed E-state index contributed by atoms with van der Waals surface area (Å²) in [5.74, 6) is 0.153. The van der Waals surface area contributed by atoms with E-state index in [0.29, 0.717) is 0 Å². The third kappa shape index (κ3) is 1.45. The molecule has 0 saturated heterocycles. The molecule has 0 spiro atoms. The fourth-order valence-corrected chi connectivity index (χ4v) is 0.342. The van der Waals surface area contributed by atoms with Crippen molar-refractivity contribution < 1.29 is 9.53 Å². The lowest BCUT2D eigenvalue weighted by atomic mass is 10.7. The van der Waals surface area contributed by atoms with E-state index in [1.807, 2.05) is 0 Å². The van der Waals surface area contributed by atoms with Gasteiger partial charge in [0.25, 0.3) is 6.47 Å². The number of carbonyl (C=O) groups excluding carboxylic acids is 1. The second kappa shape index (κ2) is 2.71. The quantitative estimate of drug-likeness (QED) is 0.494. The first-order chi connectivity index (χ1) is 4.43. The van der Waals surface area contributed by atoms with Gasteiger partial charge in [0.1, 0.15) is 0 Å². The molecule has 0 unspecified atom stereocenters. The molecule has 0 aliphatic heterocycles. The number of aromatic nitrogens is 3. The van der Waals surface area contributed by atoms with Crippen LogP contribution < -0.4 is 4.74 Å². The summed E-state index contributed by atoms with van der Waals surface area (Å²) in [7, 11) is 0. The molecule has 0 aliphatic carbocycles. The molecule has 5 heteroatoms. The highest BCUT2D eigenvalue weighted by Gasteiger charge is 1.88. The molecule has 46 valence electrons. The van der Waals surface area contributed by atoms with Gasteiger partial charge in [0, 0.05) is 6.07 Å². The molecule has 0 aliphatic rings. The molecule has 0 amide bonds. The van der Waals surface area contributed by atoms with E-state index in [-0.39, 0.29) is 12.4 Å². The van der Waals surface area contributed by atoms with Gasteiger partial charge in [-0.3, -0.25) is 4.79 Å². The van der Waals surface area contributed by atoms with Gasteiger partial charge in [0.15, 0.2) is 0 Å². The fraction of sp³-hybridized carbons (Fsp3) is 0. The fourth-order valence-electron chi connectivity index (χ4n) is 0.342. The van der Waals surface area contributed by atoms with Crippen molar-refractivity contribution in [2.75, 3.05) is 0 Å². The summed E-state index contributed by atoms with van der Waals surface area (Å²) >= 11 is 0. The molecular formula is C4H3N3O2. The Morgan fingerprint density at radius 1 is 1.67 bits per heavy atom. The van der Waals surface area contributed by atoms with Gasteiger partial charge >= 0.3 is 0 Å². The zero-order valence-electron chi connectivity index (χ0n) is 4.39. The third-order valence-electron chi connectivity index (χ3n) is 0.648. The highest BCUT2D eigenvalue weighted by molar-refractivity contribution is 5.42. The first kappa shape index (κ1) is 5.61. The molecule has 9 heavy (non-hydrogen) atoms. The van der Waals surface area contributed by atoms with Gasteiger partial charge in [-0.1, -0.05) is 5.10 Å². The second-order valence-electron chi connectivity index (χ2n) is 1.17. The van der Waals surface area contributed by atoms with Crippen LogP contribution in [0.2, 0.25) is 0 Å². The molecule has 1 aromatic heterocycles. The number of nitrogens with zero attached hydrogens (tertiary/aromatic N) is 3. The molecule has 0 radical (unpaired) electrons. The van der Waals surface area contributed by atoms with Gasteiger partial charge in [-0.25, -0.2) is 0 Å². The zero-order chi connectivity index (χ0) is 6.53. The van der Waals surface area contributed by atoms with Gasteiger partial charge in [0.2, 0.25) is 5.88 Å². The molecule has 0 N–H and O–H groups in total. The largest absolute Gasteiger partial charge is 0.408 e. The highest BCUT2D eigenvalue weighted by Crippen LogP contribution is 1.96. The predicted octanol–water partition coefficient (Wildman–Crippen LogP) is -0.593. The molecule has 1 rings (SSSR count). The van der Waals surface area contributed by atoms with Crippen LogP contribution in [0, 0.1) is 0 Å². The normalized spacial score (nSPS) is 8.44. The molecule has 0 fully saturated rings. The van der Waals surface area contributed by atoms with Crippen LogP contribution >= 0.6 is 0 Å². The average molecular weight is 125 g/mol. The van der Waals surface area contributed by atoms with E-state index in [1.165, 1.54) is 12.3 Å².